The third-order valence-corrected chi connectivity index (χ3v) is 1.73. The second-order valence-corrected chi connectivity index (χ2v) is 2.80. The van der Waals surface area contributed by atoms with Crippen LogP contribution in [0.3, 0.4) is 0 Å². The molecule has 1 unspecified atom stereocenters. The van der Waals surface area contributed by atoms with Crippen LogP contribution in [0.1, 0.15) is 26.2 Å². The number of aldehydes is 1. The first-order chi connectivity index (χ1) is 5.86. The van der Waals surface area contributed by atoms with Gasteiger partial charge in [0.2, 0.25) is 6.29 Å². The summed E-state index contributed by atoms with van der Waals surface area (Å²) in [6.45, 7) is 2.81. The van der Waals surface area contributed by atoms with Crippen molar-refractivity contribution in [3.05, 3.63) is 11.8 Å². The normalized spacial score (nSPS) is 21.8. The molecule has 68 valence electrons. The Morgan fingerprint density at radius 1 is 1.83 bits per heavy atom. The average molecular weight is 170 g/mol. The molecule has 1 aliphatic rings. The summed E-state index contributed by atoms with van der Waals surface area (Å²) in [7, 11) is 0. The Labute approximate surface area is 72.4 Å². The van der Waals surface area contributed by atoms with Crippen LogP contribution in [0, 0.1) is 0 Å². The van der Waals surface area contributed by atoms with Crippen LogP contribution in [-0.2, 0) is 14.3 Å². The predicted molar refractivity (Wildman–Crippen MR) is 44.5 cm³/mol. The molecule has 0 fully saturated rings. The Morgan fingerprint density at radius 2 is 2.67 bits per heavy atom. The van der Waals surface area contributed by atoms with Crippen molar-refractivity contribution in [1.82, 2.24) is 0 Å². The van der Waals surface area contributed by atoms with Crippen molar-refractivity contribution in [2.24, 2.45) is 0 Å². The molecule has 0 bridgehead atoms. The summed E-state index contributed by atoms with van der Waals surface area (Å²) in [5, 5.41) is 0. The fourth-order valence-corrected chi connectivity index (χ4v) is 0.985. The van der Waals surface area contributed by atoms with Crippen molar-refractivity contribution in [2.75, 3.05) is 6.61 Å². The summed E-state index contributed by atoms with van der Waals surface area (Å²) in [6.07, 6.45) is 4.80. The Hall–Kier alpha value is -0.830. The molecular weight excluding hydrogens is 156 g/mol. The smallest absolute Gasteiger partial charge is 0.203 e. The molecule has 3 heteroatoms. The van der Waals surface area contributed by atoms with Gasteiger partial charge in [0, 0.05) is 12.0 Å². The largest absolute Gasteiger partial charge is 0.472 e. The van der Waals surface area contributed by atoms with Crippen molar-refractivity contribution >= 4 is 6.29 Å². The molecule has 0 aromatic rings. The van der Waals surface area contributed by atoms with E-state index in [2.05, 4.69) is 6.92 Å². The van der Waals surface area contributed by atoms with Gasteiger partial charge in [0.05, 0.1) is 12.9 Å². The highest BCUT2D eigenvalue weighted by molar-refractivity contribution is 5.73. The lowest BCUT2D eigenvalue weighted by Gasteiger charge is -2.10. The van der Waals surface area contributed by atoms with E-state index in [1.54, 1.807) is 0 Å². The van der Waals surface area contributed by atoms with Gasteiger partial charge in [-0.15, -0.1) is 0 Å². The number of unbranched alkanes of at least 4 members (excludes halogenated alkanes) is 1. The van der Waals surface area contributed by atoms with E-state index in [1.165, 1.54) is 6.26 Å². The van der Waals surface area contributed by atoms with Gasteiger partial charge < -0.3 is 9.47 Å². The van der Waals surface area contributed by atoms with Crippen LogP contribution in [0.2, 0.25) is 0 Å². The number of carbonyl (C=O) groups is 1. The molecule has 3 nitrogen and oxygen atoms in total. The summed E-state index contributed by atoms with van der Waals surface area (Å²) in [5.41, 5.74) is 0.677. The average Bonchev–Trinajstić information content (AvgIpc) is 2.53. The first kappa shape index (κ1) is 9.26. The maximum Gasteiger partial charge on any atom is 0.203 e. The van der Waals surface area contributed by atoms with Crippen molar-refractivity contribution in [1.29, 1.82) is 0 Å². The second kappa shape index (κ2) is 4.93. The molecule has 0 aromatic carbocycles. The van der Waals surface area contributed by atoms with Crippen LogP contribution in [0.5, 0.6) is 0 Å². The molecule has 0 aromatic heterocycles. The minimum atomic E-state index is -0.225. The minimum Gasteiger partial charge on any atom is -0.472 e. The molecule has 0 amide bonds. The quantitative estimate of drug-likeness (QED) is 0.464. The van der Waals surface area contributed by atoms with Gasteiger partial charge in [0.25, 0.3) is 0 Å². The SMILES string of the molecule is CCCCOC1CC(C=O)=CO1. The van der Waals surface area contributed by atoms with E-state index >= 15 is 0 Å². The van der Waals surface area contributed by atoms with Crippen molar-refractivity contribution in [3.63, 3.8) is 0 Å². The molecule has 0 saturated carbocycles. The number of ether oxygens (including phenoxy) is 2. The molecular formula is C9H14O3. The highest BCUT2D eigenvalue weighted by Crippen LogP contribution is 2.16. The lowest BCUT2D eigenvalue weighted by atomic mass is 10.2. The van der Waals surface area contributed by atoms with Gasteiger partial charge in [-0.1, -0.05) is 13.3 Å². The van der Waals surface area contributed by atoms with Crippen molar-refractivity contribution < 1.29 is 14.3 Å². The lowest BCUT2D eigenvalue weighted by molar-refractivity contribution is -0.106. The first-order valence-corrected chi connectivity index (χ1v) is 4.28. The summed E-state index contributed by atoms with van der Waals surface area (Å²) < 4.78 is 10.4. The van der Waals surface area contributed by atoms with E-state index < -0.39 is 0 Å². The molecule has 1 atom stereocenters. The zero-order valence-corrected chi connectivity index (χ0v) is 7.29. The molecule has 0 aliphatic carbocycles. The van der Waals surface area contributed by atoms with Crippen molar-refractivity contribution in [2.45, 2.75) is 32.5 Å². The zero-order valence-electron chi connectivity index (χ0n) is 7.29. The van der Waals surface area contributed by atoms with Gasteiger partial charge in [0.15, 0.2) is 0 Å². The Kier molecular flexibility index (Phi) is 3.80. The third kappa shape index (κ3) is 2.66. The predicted octanol–water partition coefficient (Wildman–Crippen LogP) is 1.63. The van der Waals surface area contributed by atoms with E-state index in [-0.39, 0.29) is 6.29 Å². The molecule has 12 heavy (non-hydrogen) atoms. The zero-order chi connectivity index (χ0) is 8.81. The lowest BCUT2D eigenvalue weighted by Crippen LogP contribution is -2.11. The summed E-state index contributed by atoms with van der Waals surface area (Å²) in [6, 6.07) is 0. The van der Waals surface area contributed by atoms with Gasteiger partial charge in [-0.25, -0.2) is 0 Å². The van der Waals surface area contributed by atoms with Gasteiger partial charge >= 0.3 is 0 Å². The van der Waals surface area contributed by atoms with Crippen molar-refractivity contribution in [3.8, 4) is 0 Å². The monoisotopic (exact) mass is 170 g/mol. The molecule has 0 radical (unpaired) electrons. The fourth-order valence-electron chi connectivity index (χ4n) is 0.985. The highest BCUT2D eigenvalue weighted by Gasteiger charge is 2.17. The van der Waals surface area contributed by atoms with Crippen LogP contribution in [-0.4, -0.2) is 19.2 Å². The second-order valence-electron chi connectivity index (χ2n) is 2.80. The van der Waals surface area contributed by atoms with Gasteiger partial charge in [-0.05, 0) is 6.42 Å². The summed E-state index contributed by atoms with van der Waals surface area (Å²) in [4.78, 5) is 10.3. The fraction of sp³-hybridized carbons (Fsp3) is 0.667. The molecule has 0 N–H and O–H groups in total. The molecule has 1 aliphatic heterocycles. The van der Waals surface area contributed by atoms with Crippen LogP contribution in [0.4, 0.5) is 0 Å². The maximum absolute atomic E-state index is 10.3. The number of hydrogen-bond donors (Lipinski definition) is 0. The van der Waals surface area contributed by atoms with Gasteiger partial charge in [0.1, 0.15) is 6.29 Å². The Morgan fingerprint density at radius 3 is 3.25 bits per heavy atom. The van der Waals surface area contributed by atoms with E-state index in [0.717, 1.165) is 19.1 Å². The Bertz CT molecular complexity index is 175. The van der Waals surface area contributed by atoms with Gasteiger partial charge in [-0.2, -0.15) is 0 Å². The van der Waals surface area contributed by atoms with Gasteiger partial charge in [-0.3, -0.25) is 4.79 Å². The van der Waals surface area contributed by atoms with E-state index in [4.69, 9.17) is 9.47 Å². The number of rotatable bonds is 5. The molecule has 0 saturated heterocycles. The molecule has 1 rings (SSSR count). The Balaban J connectivity index is 2.10. The highest BCUT2D eigenvalue weighted by atomic mass is 16.7. The summed E-state index contributed by atoms with van der Waals surface area (Å²) >= 11 is 0. The van der Waals surface area contributed by atoms with Crippen LogP contribution >= 0.6 is 0 Å². The van der Waals surface area contributed by atoms with Crippen LogP contribution < -0.4 is 0 Å². The summed E-state index contributed by atoms with van der Waals surface area (Å²) in [5.74, 6) is 0. The number of carbonyl (C=O) groups excluding carboxylic acids is 1. The topological polar surface area (TPSA) is 35.5 Å². The minimum absolute atomic E-state index is 0.225. The van der Waals surface area contributed by atoms with Crippen LogP contribution in [0.15, 0.2) is 11.8 Å². The first-order valence-electron chi connectivity index (χ1n) is 4.28. The molecule has 0 spiro atoms. The standard InChI is InChI=1S/C9H14O3/c1-2-3-4-11-9-5-8(6-10)7-12-9/h6-7,9H,2-5H2,1H3. The third-order valence-electron chi connectivity index (χ3n) is 1.73. The van der Waals surface area contributed by atoms with E-state index in [9.17, 15) is 4.79 Å². The van der Waals surface area contributed by atoms with E-state index in [0.29, 0.717) is 18.6 Å². The maximum atomic E-state index is 10.3. The number of hydrogen-bond acceptors (Lipinski definition) is 3. The van der Waals surface area contributed by atoms with Crippen LogP contribution in [0.25, 0.3) is 0 Å². The van der Waals surface area contributed by atoms with E-state index in [1.807, 2.05) is 0 Å². The molecule has 1 heterocycles.